The zero-order valence-electron chi connectivity index (χ0n) is 16.6. The molecule has 0 unspecified atom stereocenters. The second-order valence-electron chi connectivity index (χ2n) is 6.52. The second-order valence-corrected chi connectivity index (χ2v) is 6.52. The highest BCUT2D eigenvalue weighted by Gasteiger charge is 2.19. The molecule has 0 spiro atoms. The quantitative estimate of drug-likeness (QED) is 0.595. The molecule has 1 heterocycles. The van der Waals surface area contributed by atoms with Crippen LogP contribution in [0.3, 0.4) is 0 Å². The summed E-state index contributed by atoms with van der Waals surface area (Å²) in [5, 5.41) is 2.71. The molecule has 152 valence electrons. The van der Waals surface area contributed by atoms with Crippen LogP contribution < -0.4 is 19.5 Å². The minimum atomic E-state index is -0.941. The van der Waals surface area contributed by atoms with Gasteiger partial charge in [0.2, 0.25) is 5.75 Å². The van der Waals surface area contributed by atoms with Crippen LogP contribution in [-0.4, -0.2) is 38.3 Å². The number of nitrogens with one attached hydrogen (secondary N) is 1. The summed E-state index contributed by atoms with van der Waals surface area (Å²) in [6.07, 6.45) is 1.87. The minimum Gasteiger partial charge on any atom is -0.493 e. The summed E-state index contributed by atoms with van der Waals surface area (Å²) in [6, 6.07) is 10.8. The molecule has 1 aliphatic rings. The molecule has 29 heavy (non-hydrogen) atoms. The summed E-state index contributed by atoms with van der Waals surface area (Å²) < 4.78 is 21.6. The van der Waals surface area contributed by atoms with Crippen LogP contribution in [0.4, 0.5) is 5.69 Å². The molecule has 0 saturated carbocycles. The summed E-state index contributed by atoms with van der Waals surface area (Å²) in [5.41, 5.74) is 2.41. The Balaban J connectivity index is 1.60. The first kappa shape index (κ1) is 20.3. The lowest BCUT2D eigenvalue weighted by molar-refractivity contribution is -0.148. The van der Waals surface area contributed by atoms with E-state index in [2.05, 4.69) is 5.32 Å². The third kappa shape index (κ3) is 5.28. The van der Waals surface area contributed by atoms with Crippen molar-refractivity contribution in [1.82, 2.24) is 0 Å². The number of hydrogen-bond donors (Lipinski definition) is 1. The number of hydrogen-bond acceptors (Lipinski definition) is 6. The average Bonchev–Trinajstić information content (AvgIpc) is 2.73. The second kappa shape index (κ2) is 9.14. The zero-order chi connectivity index (χ0) is 20.8. The topological polar surface area (TPSA) is 83.1 Å². The van der Waals surface area contributed by atoms with Crippen molar-refractivity contribution in [2.45, 2.75) is 20.0 Å². The third-order valence-corrected chi connectivity index (χ3v) is 4.24. The largest absolute Gasteiger partial charge is 0.493 e. The first-order valence-electron chi connectivity index (χ1n) is 9.20. The van der Waals surface area contributed by atoms with Gasteiger partial charge in [-0.1, -0.05) is 17.7 Å². The van der Waals surface area contributed by atoms with Gasteiger partial charge in [-0.2, -0.15) is 0 Å². The minimum absolute atomic E-state index is 0.406. The van der Waals surface area contributed by atoms with Crippen LogP contribution in [0.2, 0.25) is 0 Å². The first-order chi connectivity index (χ1) is 14.0. The maximum absolute atomic E-state index is 12.2. The number of aryl methyl sites for hydroxylation is 1. The Labute approximate surface area is 169 Å². The van der Waals surface area contributed by atoms with Crippen molar-refractivity contribution in [2.24, 2.45) is 0 Å². The molecule has 1 amide bonds. The monoisotopic (exact) mass is 397 g/mol. The van der Waals surface area contributed by atoms with Crippen LogP contribution in [0.1, 0.15) is 18.1 Å². The van der Waals surface area contributed by atoms with E-state index in [4.69, 9.17) is 18.9 Å². The van der Waals surface area contributed by atoms with Crippen LogP contribution in [0.5, 0.6) is 17.2 Å². The number of ether oxygens (including phenoxy) is 4. The molecule has 0 radical (unpaired) electrons. The zero-order valence-corrected chi connectivity index (χ0v) is 16.6. The number of fused-ring (bicyclic) bond motifs is 1. The number of carbonyl (C=O) groups excluding carboxylic acids is 2. The first-order valence-corrected chi connectivity index (χ1v) is 9.20. The standard InChI is InChI=1S/C22H23NO6/c1-14-4-7-17(8-5-14)23-22(25)15(2)29-20(24)9-6-16-12-18(26-3)21-19(13-16)27-10-11-28-21/h4-9,12-13,15H,10-11H2,1-3H3,(H,23,25)/b9-6+/t15-/m1/s1. The highest BCUT2D eigenvalue weighted by Crippen LogP contribution is 2.40. The smallest absolute Gasteiger partial charge is 0.331 e. The van der Waals surface area contributed by atoms with Crippen molar-refractivity contribution in [3.8, 4) is 17.2 Å². The Hall–Kier alpha value is -3.48. The number of rotatable bonds is 6. The molecule has 7 nitrogen and oxygen atoms in total. The molecule has 1 N–H and O–H groups in total. The van der Waals surface area contributed by atoms with Gasteiger partial charge in [0.15, 0.2) is 17.6 Å². The number of esters is 1. The summed E-state index contributed by atoms with van der Waals surface area (Å²) in [7, 11) is 1.53. The molecular weight excluding hydrogens is 374 g/mol. The number of amides is 1. The van der Waals surface area contributed by atoms with Gasteiger partial charge in [0.1, 0.15) is 13.2 Å². The van der Waals surface area contributed by atoms with Crippen molar-refractivity contribution in [3.63, 3.8) is 0 Å². The number of carbonyl (C=O) groups is 2. The van der Waals surface area contributed by atoms with Gasteiger partial charge in [0, 0.05) is 11.8 Å². The van der Waals surface area contributed by atoms with Crippen LogP contribution >= 0.6 is 0 Å². The lowest BCUT2D eigenvalue weighted by atomic mass is 10.1. The van der Waals surface area contributed by atoms with E-state index in [1.807, 2.05) is 19.1 Å². The molecule has 2 aromatic rings. The molecule has 0 aliphatic carbocycles. The van der Waals surface area contributed by atoms with Crippen molar-refractivity contribution < 1.29 is 28.5 Å². The Morgan fingerprint density at radius 3 is 2.59 bits per heavy atom. The van der Waals surface area contributed by atoms with Gasteiger partial charge in [0.05, 0.1) is 7.11 Å². The van der Waals surface area contributed by atoms with Gasteiger partial charge in [-0.05, 0) is 49.8 Å². The van der Waals surface area contributed by atoms with E-state index in [0.717, 1.165) is 5.56 Å². The molecule has 0 fully saturated rings. The van der Waals surface area contributed by atoms with Gasteiger partial charge in [-0.25, -0.2) is 4.79 Å². The van der Waals surface area contributed by atoms with Crippen LogP contribution in [0.15, 0.2) is 42.5 Å². The van der Waals surface area contributed by atoms with Crippen LogP contribution in [0.25, 0.3) is 6.08 Å². The molecule has 1 atom stereocenters. The highest BCUT2D eigenvalue weighted by molar-refractivity contribution is 5.96. The fraction of sp³-hybridized carbons (Fsp3) is 0.273. The Bertz CT molecular complexity index is 902. The lowest BCUT2D eigenvalue weighted by Crippen LogP contribution is -2.29. The van der Waals surface area contributed by atoms with Crippen molar-refractivity contribution in [1.29, 1.82) is 0 Å². The van der Waals surface area contributed by atoms with Crippen molar-refractivity contribution >= 4 is 23.6 Å². The van der Waals surface area contributed by atoms with Gasteiger partial charge >= 0.3 is 5.97 Å². The van der Waals surface area contributed by atoms with Gasteiger partial charge in [-0.15, -0.1) is 0 Å². The summed E-state index contributed by atoms with van der Waals surface area (Å²) in [5.74, 6) is 0.567. The van der Waals surface area contributed by atoms with E-state index in [1.165, 1.54) is 20.1 Å². The number of benzene rings is 2. The van der Waals surface area contributed by atoms with E-state index in [0.29, 0.717) is 41.7 Å². The maximum atomic E-state index is 12.2. The predicted molar refractivity (Wildman–Crippen MR) is 108 cm³/mol. The van der Waals surface area contributed by atoms with Gasteiger partial charge in [-0.3, -0.25) is 4.79 Å². The summed E-state index contributed by atoms with van der Waals surface area (Å²) in [4.78, 5) is 24.3. The van der Waals surface area contributed by atoms with E-state index in [-0.39, 0.29) is 0 Å². The van der Waals surface area contributed by atoms with Crippen molar-refractivity contribution in [3.05, 3.63) is 53.6 Å². The molecule has 3 rings (SSSR count). The summed E-state index contributed by atoms with van der Waals surface area (Å²) in [6.45, 7) is 4.37. The third-order valence-electron chi connectivity index (χ3n) is 4.24. The maximum Gasteiger partial charge on any atom is 0.331 e. The van der Waals surface area contributed by atoms with E-state index >= 15 is 0 Å². The molecule has 0 saturated heterocycles. The Kier molecular flexibility index (Phi) is 6.39. The molecule has 1 aliphatic heterocycles. The van der Waals surface area contributed by atoms with E-state index in [1.54, 1.807) is 30.3 Å². The molecular formula is C22H23NO6. The fourth-order valence-electron chi connectivity index (χ4n) is 2.70. The highest BCUT2D eigenvalue weighted by atomic mass is 16.6. The van der Waals surface area contributed by atoms with E-state index in [9.17, 15) is 9.59 Å². The Morgan fingerprint density at radius 2 is 1.86 bits per heavy atom. The normalized spacial score (nSPS) is 13.6. The van der Waals surface area contributed by atoms with Gasteiger partial charge < -0.3 is 24.3 Å². The number of methoxy groups -OCH3 is 1. The molecule has 0 aromatic heterocycles. The van der Waals surface area contributed by atoms with Crippen LogP contribution in [0, 0.1) is 6.92 Å². The fourth-order valence-corrected chi connectivity index (χ4v) is 2.70. The number of anilines is 1. The molecule has 2 aromatic carbocycles. The molecule has 7 heteroatoms. The van der Waals surface area contributed by atoms with Crippen LogP contribution in [-0.2, 0) is 14.3 Å². The SMILES string of the molecule is COc1cc(/C=C/C(=O)O[C@H](C)C(=O)Nc2ccc(C)cc2)cc2c1OCCO2. The summed E-state index contributed by atoms with van der Waals surface area (Å²) >= 11 is 0. The van der Waals surface area contributed by atoms with Crippen molar-refractivity contribution in [2.75, 3.05) is 25.6 Å². The van der Waals surface area contributed by atoms with E-state index < -0.39 is 18.0 Å². The lowest BCUT2D eigenvalue weighted by Gasteiger charge is -2.20. The predicted octanol–water partition coefficient (Wildman–Crippen LogP) is 3.36. The van der Waals surface area contributed by atoms with Gasteiger partial charge in [0.25, 0.3) is 5.91 Å². The Morgan fingerprint density at radius 1 is 1.14 bits per heavy atom. The molecule has 0 bridgehead atoms. The average molecular weight is 397 g/mol.